The molecule has 1 saturated carbocycles. The van der Waals surface area contributed by atoms with Crippen molar-refractivity contribution < 1.29 is 18.9 Å². The molecule has 2 atom stereocenters. The van der Waals surface area contributed by atoms with Gasteiger partial charge in [-0.1, -0.05) is 43.2 Å². The molecule has 1 saturated heterocycles. The first-order valence-corrected chi connectivity index (χ1v) is 9.38. The third-order valence-corrected chi connectivity index (χ3v) is 4.96. The van der Waals surface area contributed by atoms with Crippen LogP contribution in [0.25, 0.3) is 0 Å². The van der Waals surface area contributed by atoms with E-state index in [4.69, 9.17) is 18.9 Å². The Morgan fingerprint density at radius 1 is 0.750 bits per heavy atom. The zero-order chi connectivity index (χ0) is 16.5. The maximum atomic E-state index is 6.53. The molecule has 24 heavy (non-hydrogen) atoms. The smallest absolute Gasteiger partial charge is 0.119 e. The van der Waals surface area contributed by atoms with Gasteiger partial charge in [0.25, 0.3) is 0 Å². The molecule has 1 aromatic carbocycles. The summed E-state index contributed by atoms with van der Waals surface area (Å²) in [5.74, 6) is 0. The molecule has 1 aliphatic heterocycles. The molecule has 0 N–H and O–H groups in total. The highest BCUT2D eigenvalue weighted by Crippen LogP contribution is 2.42. The summed E-state index contributed by atoms with van der Waals surface area (Å²) >= 11 is 0. The van der Waals surface area contributed by atoms with Crippen LogP contribution in [0.2, 0.25) is 0 Å². The molecule has 134 valence electrons. The standard InChI is InChI=1S/C20H30O4/c1-2-8-18(9-3-1)20-11-5-4-10-19(20)23-14-6-12-21-16-17-22-13-7-15-24-20/h1-3,8-9,19H,4-7,10-17H2/t19-,20+/m0/s1. The van der Waals surface area contributed by atoms with Gasteiger partial charge in [-0.2, -0.15) is 0 Å². The molecule has 4 nitrogen and oxygen atoms in total. The second-order valence-electron chi connectivity index (χ2n) is 6.64. The van der Waals surface area contributed by atoms with Crippen molar-refractivity contribution in [3.8, 4) is 0 Å². The first kappa shape index (κ1) is 17.9. The Morgan fingerprint density at radius 2 is 1.50 bits per heavy atom. The van der Waals surface area contributed by atoms with Crippen molar-refractivity contribution >= 4 is 0 Å². The largest absolute Gasteiger partial charge is 0.379 e. The van der Waals surface area contributed by atoms with E-state index >= 15 is 0 Å². The van der Waals surface area contributed by atoms with Gasteiger partial charge in [0.05, 0.1) is 25.9 Å². The molecule has 0 unspecified atom stereocenters. The van der Waals surface area contributed by atoms with E-state index in [2.05, 4.69) is 30.3 Å². The van der Waals surface area contributed by atoms with Crippen LogP contribution in [0.4, 0.5) is 0 Å². The molecule has 0 bridgehead atoms. The van der Waals surface area contributed by atoms with Crippen LogP contribution < -0.4 is 0 Å². The van der Waals surface area contributed by atoms with Crippen molar-refractivity contribution in [1.82, 2.24) is 0 Å². The lowest BCUT2D eigenvalue weighted by Crippen LogP contribution is -2.46. The van der Waals surface area contributed by atoms with Gasteiger partial charge in [-0.15, -0.1) is 0 Å². The van der Waals surface area contributed by atoms with Gasteiger partial charge in [-0.05, 0) is 31.2 Å². The van der Waals surface area contributed by atoms with Crippen molar-refractivity contribution in [2.45, 2.75) is 50.2 Å². The molecule has 4 heteroatoms. The topological polar surface area (TPSA) is 36.9 Å². The Morgan fingerprint density at radius 3 is 2.29 bits per heavy atom. The van der Waals surface area contributed by atoms with Crippen LogP contribution in [-0.4, -0.2) is 45.7 Å². The van der Waals surface area contributed by atoms with Crippen molar-refractivity contribution in [3.63, 3.8) is 0 Å². The Hall–Kier alpha value is -0.940. The number of ether oxygens (including phenoxy) is 4. The maximum absolute atomic E-state index is 6.53. The normalized spacial score (nSPS) is 30.9. The third kappa shape index (κ3) is 4.57. The summed E-state index contributed by atoms with van der Waals surface area (Å²) in [6.07, 6.45) is 6.43. The number of benzene rings is 1. The fourth-order valence-electron chi connectivity index (χ4n) is 3.75. The van der Waals surface area contributed by atoms with Crippen LogP contribution in [0.3, 0.4) is 0 Å². The number of rotatable bonds is 1. The number of fused-ring (bicyclic) bond motifs is 1. The van der Waals surface area contributed by atoms with Crippen LogP contribution in [0.1, 0.15) is 44.1 Å². The monoisotopic (exact) mass is 334 g/mol. The van der Waals surface area contributed by atoms with Crippen LogP contribution >= 0.6 is 0 Å². The van der Waals surface area contributed by atoms with E-state index in [-0.39, 0.29) is 11.7 Å². The van der Waals surface area contributed by atoms with Crippen LogP contribution in [0.5, 0.6) is 0 Å². The van der Waals surface area contributed by atoms with Crippen molar-refractivity contribution in [2.75, 3.05) is 39.6 Å². The molecule has 0 aromatic heterocycles. The molecular formula is C20H30O4. The Kier molecular flexibility index (Phi) is 7.09. The minimum Gasteiger partial charge on any atom is -0.379 e. The van der Waals surface area contributed by atoms with E-state index in [0.717, 1.165) is 45.5 Å². The zero-order valence-electron chi connectivity index (χ0n) is 14.6. The Labute approximate surface area is 145 Å². The van der Waals surface area contributed by atoms with E-state index in [9.17, 15) is 0 Å². The van der Waals surface area contributed by atoms with Gasteiger partial charge < -0.3 is 18.9 Å². The summed E-state index contributed by atoms with van der Waals surface area (Å²) < 4.78 is 24.0. The molecular weight excluding hydrogens is 304 g/mol. The van der Waals surface area contributed by atoms with Crippen molar-refractivity contribution in [1.29, 1.82) is 0 Å². The summed E-state index contributed by atoms with van der Waals surface area (Å²) in [5.41, 5.74) is 0.934. The summed E-state index contributed by atoms with van der Waals surface area (Å²) in [6, 6.07) is 10.6. The highest BCUT2D eigenvalue weighted by molar-refractivity contribution is 5.25. The maximum Gasteiger partial charge on any atom is 0.119 e. The SMILES string of the molecule is c1ccc([C@]23CCCC[C@@H]2OCCCOCCOCCCO3)cc1. The minimum atomic E-state index is -0.315. The average Bonchev–Trinajstić information content (AvgIpc) is 2.64. The van der Waals surface area contributed by atoms with Gasteiger partial charge >= 0.3 is 0 Å². The summed E-state index contributed by atoms with van der Waals surface area (Å²) in [6.45, 7) is 4.21. The van der Waals surface area contributed by atoms with Crippen molar-refractivity contribution in [2.24, 2.45) is 0 Å². The quantitative estimate of drug-likeness (QED) is 0.785. The van der Waals surface area contributed by atoms with E-state index in [1.54, 1.807) is 0 Å². The minimum absolute atomic E-state index is 0.123. The fourth-order valence-corrected chi connectivity index (χ4v) is 3.75. The van der Waals surface area contributed by atoms with E-state index in [1.165, 1.54) is 18.4 Å². The molecule has 0 radical (unpaired) electrons. The van der Waals surface area contributed by atoms with Crippen LogP contribution in [0.15, 0.2) is 30.3 Å². The second-order valence-corrected chi connectivity index (χ2v) is 6.64. The highest BCUT2D eigenvalue weighted by Gasteiger charge is 2.44. The predicted octanol–water partition coefficient (Wildman–Crippen LogP) is 3.68. The number of hydrogen-bond donors (Lipinski definition) is 0. The molecule has 2 aliphatic rings. The van der Waals surface area contributed by atoms with Crippen molar-refractivity contribution in [3.05, 3.63) is 35.9 Å². The van der Waals surface area contributed by atoms with Gasteiger partial charge in [0, 0.05) is 19.8 Å². The molecule has 0 spiro atoms. The summed E-state index contributed by atoms with van der Waals surface area (Å²) in [4.78, 5) is 0. The van der Waals surface area contributed by atoms with Crippen LogP contribution in [0, 0.1) is 0 Å². The van der Waals surface area contributed by atoms with Gasteiger partial charge in [0.15, 0.2) is 0 Å². The lowest BCUT2D eigenvalue weighted by molar-refractivity contribution is -0.176. The van der Waals surface area contributed by atoms with Gasteiger partial charge in [0.1, 0.15) is 5.60 Å². The second kappa shape index (κ2) is 9.52. The Balaban J connectivity index is 1.77. The summed E-state index contributed by atoms with van der Waals surface area (Å²) in [5, 5.41) is 0. The van der Waals surface area contributed by atoms with Gasteiger partial charge in [-0.3, -0.25) is 0 Å². The number of hydrogen-bond acceptors (Lipinski definition) is 4. The molecule has 3 rings (SSSR count). The van der Waals surface area contributed by atoms with E-state index in [0.29, 0.717) is 19.8 Å². The first-order chi connectivity index (χ1) is 11.9. The lowest BCUT2D eigenvalue weighted by Gasteiger charge is -2.44. The molecule has 2 fully saturated rings. The molecule has 0 amide bonds. The first-order valence-electron chi connectivity index (χ1n) is 9.38. The predicted molar refractivity (Wildman–Crippen MR) is 93.2 cm³/mol. The summed E-state index contributed by atoms with van der Waals surface area (Å²) in [7, 11) is 0. The molecule has 1 aromatic rings. The van der Waals surface area contributed by atoms with Gasteiger partial charge in [-0.25, -0.2) is 0 Å². The lowest BCUT2D eigenvalue weighted by atomic mass is 9.77. The van der Waals surface area contributed by atoms with E-state index in [1.807, 2.05) is 0 Å². The average molecular weight is 334 g/mol. The molecule has 1 aliphatic carbocycles. The van der Waals surface area contributed by atoms with Crippen LogP contribution in [-0.2, 0) is 24.5 Å². The zero-order valence-corrected chi connectivity index (χ0v) is 14.6. The highest BCUT2D eigenvalue weighted by atomic mass is 16.6. The Bertz CT molecular complexity index is 464. The third-order valence-electron chi connectivity index (χ3n) is 4.96. The fraction of sp³-hybridized carbons (Fsp3) is 0.700. The van der Waals surface area contributed by atoms with Gasteiger partial charge in [0.2, 0.25) is 0 Å². The van der Waals surface area contributed by atoms with E-state index < -0.39 is 0 Å². The molecule has 1 heterocycles.